The molecule has 2 aliphatic rings. The Bertz CT molecular complexity index is 1460. The molecular formula is C33H32ClN4O3. The number of rotatable bonds is 6. The van der Waals surface area contributed by atoms with Gasteiger partial charge in [0.25, 0.3) is 11.8 Å². The van der Waals surface area contributed by atoms with Gasteiger partial charge in [0.15, 0.2) is 0 Å². The van der Waals surface area contributed by atoms with E-state index in [0.717, 1.165) is 11.3 Å². The molecule has 209 valence electrons. The fraction of sp³-hybridized carbons (Fsp3) is 0.212. The van der Waals surface area contributed by atoms with Crippen molar-refractivity contribution in [2.24, 2.45) is 0 Å². The highest BCUT2D eigenvalue weighted by molar-refractivity contribution is 6.31. The fourth-order valence-corrected chi connectivity index (χ4v) is 5.25. The van der Waals surface area contributed by atoms with Crippen molar-refractivity contribution in [2.75, 3.05) is 10.2 Å². The summed E-state index contributed by atoms with van der Waals surface area (Å²) in [6.45, 7) is 7.58. The summed E-state index contributed by atoms with van der Waals surface area (Å²) in [5.41, 5.74) is 1.54. The van der Waals surface area contributed by atoms with Gasteiger partial charge in [-0.3, -0.25) is 19.3 Å². The molecule has 5 radical (unpaired) electrons. The van der Waals surface area contributed by atoms with Gasteiger partial charge >= 0.3 is 0 Å². The molecule has 1 aliphatic carbocycles. The second-order valence-electron chi connectivity index (χ2n) is 11.3. The van der Waals surface area contributed by atoms with E-state index in [1.807, 2.05) is 83.7 Å². The van der Waals surface area contributed by atoms with Crippen molar-refractivity contribution in [3.63, 3.8) is 0 Å². The Morgan fingerprint density at radius 3 is 2.27 bits per heavy atom. The third-order valence-electron chi connectivity index (χ3n) is 6.94. The van der Waals surface area contributed by atoms with Gasteiger partial charge in [0.05, 0.1) is 5.56 Å². The number of nitrogens with one attached hydrogen (secondary N) is 3. The Hall–Kier alpha value is -3.84. The molecule has 41 heavy (non-hydrogen) atoms. The molecule has 1 heterocycles. The zero-order valence-electron chi connectivity index (χ0n) is 23.4. The molecule has 3 aromatic rings. The Balaban J connectivity index is 1.55. The van der Waals surface area contributed by atoms with Crippen LogP contribution >= 0.6 is 11.6 Å². The van der Waals surface area contributed by atoms with Gasteiger partial charge in [-0.25, -0.2) is 0 Å². The lowest BCUT2D eigenvalue weighted by molar-refractivity contribution is -0.123. The van der Waals surface area contributed by atoms with Crippen LogP contribution in [0.25, 0.3) is 0 Å². The van der Waals surface area contributed by atoms with Crippen molar-refractivity contribution in [3.05, 3.63) is 126 Å². The van der Waals surface area contributed by atoms with E-state index in [2.05, 4.69) is 16.0 Å². The van der Waals surface area contributed by atoms with E-state index < -0.39 is 17.2 Å². The van der Waals surface area contributed by atoms with Crippen LogP contribution in [0.3, 0.4) is 0 Å². The topological polar surface area (TPSA) is 90.5 Å². The molecule has 8 heteroatoms. The van der Waals surface area contributed by atoms with Gasteiger partial charge in [0.2, 0.25) is 5.91 Å². The third-order valence-corrected chi connectivity index (χ3v) is 7.18. The second kappa shape index (κ2) is 11.2. The quantitative estimate of drug-likeness (QED) is 0.356. The maximum atomic E-state index is 14.2. The van der Waals surface area contributed by atoms with Crippen LogP contribution in [0, 0.1) is 31.6 Å². The number of benzene rings is 3. The van der Waals surface area contributed by atoms with Crippen LogP contribution in [0.15, 0.2) is 72.8 Å². The molecule has 1 saturated carbocycles. The highest BCUT2D eigenvalue weighted by atomic mass is 35.5. The van der Waals surface area contributed by atoms with Gasteiger partial charge in [-0.2, -0.15) is 0 Å². The minimum Gasteiger partial charge on any atom is -0.359 e. The summed E-state index contributed by atoms with van der Waals surface area (Å²) in [7, 11) is 0. The lowest BCUT2D eigenvalue weighted by Gasteiger charge is -2.39. The highest BCUT2D eigenvalue weighted by Crippen LogP contribution is 2.36. The number of carbonyl (C=O) groups is 3. The van der Waals surface area contributed by atoms with E-state index in [1.165, 1.54) is 4.90 Å². The average molecular weight is 568 g/mol. The zero-order chi connectivity index (χ0) is 29.4. The number of hydrogen-bond acceptors (Lipinski definition) is 4. The Labute approximate surface area is 246 Å². The van der Waals surface area contributed by atoms with Crippen LogP contribution in [0.4, 0.5) is 11.4 Å². The average Bonchev–Trinajstić information content (AvgIpc) is 3.45. The van der Waals surface area contributed by atoms with Gasteiger partial charge in [0.1, 0.15) is 11.7 Å². The number of fused-ring (bicyclic) bond motifs is 1. The monoisotopic (exact) mass is 567 g/mol. The van der Waals surface area contributed by atoms with Crippen molar-refractivity contribution in [1.82, 2.24) is 10.6 Å². The number of anilines is 2. The van der Waals surface area contributed by atoms with Crippen molar-refractivity contribution < 1.29 is 14.4 Å². The molecular weight excluding hydrogens is 536 g/mol. The lowest BCUT2D eigenvalue weighted by atomic mass is 9.92. The maximum Gasteiger partial charge on any atom is 0.259 e. The smallest absolute Gasteiger partial charge is 0.259 e. The summed E-state index contributed by atoms with van der Waals surface area (Å²) in [5, 5.41) is 9.93. The number of nitrogens with zero attached hydrogens (tertiary/aromatic N) is 1. The Kier molecular flexibility index (Phi) is 7.84. The van der Waals surface area contributed by atoms with Crippen LogP contribution in [-0.2, 0) is 10.5 Å². The van der Waals surface area contributed by atoms with Crippen molar-refractivity contribution in [3.8, 4) is 0 Å². The predicted molar refractivity (Wildman–Crippen MR) is 162 cm³/mol. The van der Waals surface area contributed by atoms with Crippen molar-refractivity contribution in [2.45, 2.75) is 44.9 Å². The van der Waals surface area contributed by atoms with Crippen LogP contribution in [0.2, 0.25) is 5.02 Å². The van der Waals surface area contributed by atoms with Crippen LogP contribution in [-0.4, -0.2) is 29.3 Å². The van der Waals surface area contributed by atoms with E-state index in [-0.39, 0.29) is 17.7 Å². The highest BCUT2D eigenvalue weighted by Gasteiger charge is 2.41. The first-order valence-corrected chi connectivity index (χ1v) is 13.8. The van der Waals surface area contributed by atoms with Gasteiger partial charge in [-0.05, 0) is 101 Å². The summed E-state index contributed by atoms with van der Waals surface area (Å²) in [4.78, 5) is 42.3. The van der Waals surface area contributed by atoms with E-state index in [0.29, 0.717) is 27.8 Å². The van der Waals surface area contributed by atoms with Crippen molar-refractivity contribution in [1.29, 1.82) is 0 Å². The SMILES string of the molecule is CC(C)(C)NC(=O)C([C]1[CH][CH][CH][CH]1)N(C(=O)c1cccc(Cl)c1)c1ccc(C2(C)NC(=O)c3ccccc3N2)cc1. The van der Waals surface area contributed by atoms with Gasteiger partial charge in [-0.15, -0.1) is 0 Å². The van der Waals surface area contributed by atoms with E-state index >= 15 is 0 Å². The lowest BCUT2D eigenvalue weighted by Crippen LogP contribution is -2.56. The molecule has 2 unspecified atom stereocenters. The first-order valence-electron chi connectivity index (χ1n) is 13.4. The van der Waals surface area contributed by atoms with Gasteiger partial charge in [0, 0.05) is 33.4 Å². The normalized spacial score (nSPS) is 19.5. The molecule has 0 saturated heterocycles. The van der Waals surface area contributed by atoms with Gasteiger partial charge in [-0.1, -0.05) is 41.9 Å². The number of halogens is 1. The predicted octanol–water partition coefficient (Wildman–Crippen LogP) is 5.70. The first-order chi connectivity index (χ1) is 19.4. The van der Waals surface area contributed by atoms with Gasteiger partial charge < -0.3 is 16.0 Å². The fourth-order valence-electron chi connectivity index (χ4n) is 5.06. The number of amides is 3. The zero-order valence-corrected chi connectivity index (χ0v) is 24.1. The summed E-state index contributed by atoms with van der Waals surface area (Å²) in [6.07, 6.45) is 7.35. The third kappa shape index (κ3) is 6.10. The Morgan fingerprint density at radius 2 is 1.61 bits per heavy atom. The second-order valence-corrected chi connectivity index (χ2v) is 11.8. The molecule has 1 aliphatic heterocycles. The molecule has 0 spiro atoms. The summed E-state index contributed by atoms with van der Waals surface area (Å²) in [6, 6.07) is 20.3. The standard InChI is InChI=1S/C33H32ClN4O3/c1-32(2,3)36-30(40)28(21-10-5-6-11-21)38(31(41)22-12-9-13-24(34)20-22)25-18-16-23(17-19-25)33(4)35-27-15-8-7-14-26(27)29(39)37-33/h5-20,28,35H,1-4H3,(H,36,40)(H,37,39). The molecule has 7 nitrogen and oxygen atoms in total. The van der Waals surface area contributed by atoms with Crippen LogP contribution in [0.1, 0.15) is 54.0 Å². The molecule has 3 aromatic carbocycles. The van der Waals surface area contributed by atoms with E-state index in [4.69, 9.17) is 11.6 Å². The first kappa shape index (κ1) is 28.7. The number of para-hydroxylation sites is 1. The van der Waals surface area contributed by atoms with Crippen molar-refractivity contribution >= 4 is 40.7 Å². The van der Waals surface area contributed by atoms with Crippen LogP contribution in [0.5, 0.6) is 0 Å². The molecule has 3 amide bonds. The molecule has 1 fully saturated rings. The largest absolute Gasteiger partial charge is 0.359 e. The molecule has 3 N–H and O–H groups in total. The summed E-state index contributed by atoms with van der Waals surface area (Å²) in [5.74, 6) is -0.192. The maximum absolute atomic E-state index is 14.2. The summed E-state index contributed by atoms with van der Waals surface area (Å²) >= 11 is 6.25. The van der Waals surface area contributed by atoms with E-state index in [9.17, 15) is 14.4 Å². The summed E-state index contributed by atoms with van der Waals surface area (Å²) < 4.78 is 0. The Morgan fingerprint density at radius 1 is 0.927 bits per heavy atom. The number of carbonyl (C=O) groups excluding carboxylic acids is 3. The number of hydrogen-bond donors (Lipinski definition) is 3. The van der Waals surface area contributed by atoms with Crippen LogP contribution < -0.4 is 20.9 Å². The molecule has 0 aromatic heterocycles. The molecule has 2 atom stereocenters. The minimum absolute atomic E-state index is 0.182. The van der Waals surface area contributed by atoms with E-state index in [1.54, 1.807) is 42.5 Å². The molecule has 5 rings (SSSR count). The molecule has 0 bridgehead atoms. The minimum atomic E-state index is -0.948.